The van der Waals surface area contributed by atoms with Gasteiger partial charge in [-0.2, -0.15) is 0 Å². The van der Waals surface area contributed by atoms with E-state index in [9.17, 15) is 4.79 Å². The summed E-state index contributed by atoms with van der Waals surface area (Å²) in [5.74, 6) is 1.55. The van der Waals surface area contributed by atoms with Crippen LogP contribution in [0.25, 0.3) is 33.6 Å². The average molecular weight is 500 g/mol. The lowest BCUT2D eigenvalue weighted by Gasteiger charge is -2.28. The first-order valence-electron chi connectivity index (χ1n) is 12.8. The van der Waals surface area contributed by atoms with E-state index in [1.807, 2.05) is 80.3 Å². The van der Waals surface area contributed by atoms with Gasteiger partial charge in [0.05, 0.1) is 18.2 Å². The number of aryl methyl sites for hydroxylation is 1. The van der Waals surface area contributed by atoms with Gasteiger partial charge < -0.3 is 18.8 Å². The third-order valence-electron chi connectivity index (χ3n) is 6.70. The summed E-state index contributed by atoms with van der Waals surface area (Å²) in [6.45, 7) is 6.42. The summed E-state index contributed by atoms with van der Waals surface area (Å²) < 4.78 is 17.4. The van der Waals surface area contributed by atoms with Gasteiger partial charge in [0.15, 0.2) is 0 Å². The van der Waals surface area contributed by atoms with Crippen molar-refractivity contribution in [3.63, 3.8) is 0 Å². The van der Waals surface area contributed by atoms with Gasteiger partial charge in [0, 0.05) is 23.7 Å². The maximum Gasteiger partial charge on any atom is 0.410 e. The van der Waals surface area contributed by atoms with Gasteiger partial charge in [-0.15, -0.1) is 0 Å². The number of ether oxygens (including phenoxy) is 2. The molecule has 2 aromatic heterocycles. The number of fused-ring (bicyclic) bond motifs is 1. The van der Waals surface area contributed by atoms with Gasteiger partial charge in [0.1, 0.15) is 23.4 Å². The van der Waals surface area contributed by atoms with Crippen molar-refractivity contribution in [2.45, 2.75) is 58.1 Å². The van der Waals surface area contributed by atoms with Crippen LogP contribution in [0.15, 0.2) is 65.3 Å². The van der Waals surface area contributed by atoms with Crippen LogP contribution in [0.1, 0.15) is 45.7 Å². The maximum absolute atomic E-state index is 12.8. The molecule has 0 N–H and O–H groups in total. The van der Waals surface area contributed by atoms with Crippen LogP contribution < -0.4 is 4.74 Å². The highest BCUT2D eigenvalue weighted by Gasteiger charge is 2.32. The van der Waals surface area contributed by atoms with Crippen LogP contribution in [0.3, 0.4) is 0 Å². The number of likely N-dealkylation sites (tertiary alicyclic amines) is 1. The minimum Gasteiger partial charge on any atom is -0.497 e. The summed E-state index contributed by atoms with van der Waals surface area (Å²) in [4.78, 5) is 23.9. The third kappa shape index (κ3) is 5.31. The molecule has 37 heavy (non-hydrogen) atoms. The SMILES string of the molecule is COc1ccc(-c2c(-c3ccccc3)oc3ncnc(CCC4CCCN4C(=O)OC(C)(C)C)c23)cc1. The lowest BCUT2D eigenvalue weighted by atomic mass is 9.96. The van der Waals surface area contributed by atoms with E-state index in [2.05, 4.69) is 4.98 Å². The molecule has 3 heterocycles. The Kier molecular flexibility index (Phi) is 6.87. The number of carbonyl (C=O) groups is 1. The molecule has 7 nitrogen and oxygen atoms in total. The summed E-state index contributed by atoms with van der Waals surface area (Å²) >= 11 is 0. The molecular weight excluding hydrogens is 466 g/mol. The molecule has 192 valence electrons. The van der Waals surface area contributed by atoms with Crippen LogP contribution in [0.2, 0.25) is 0 Å². The first-order valence-corrected chi connectivity index (χ1v) is 12.8. The number of methoxy groups -OCH3 is 1. The molecule has 1 aliphatic rings. The standard InChI is InChI=1S/C30H33N3O4/c1-30(2,3)37-29(34)33-18-8-11-22(33)14-17-24-26-25(20-12-15-23(35-4)16-13-20)27(21-9-6-5-7-10-21)36-28(26)32-19-31-24/h5-7,9-10,12-13,15-16,19,22H,8,11,14,17-18H2,1-4H3. The highest BCUT2D eigenvalue weighted by atomic mass is 16.6. The highest BCUT2D eigenvalue weighted by molar-refractivity contribution is 6.01. The molecule has 1 unspecified atom stereocenters. The summed E-state index contributed by atoms with van der Waals surface area (Å²) in [5, 5.41) is 0.910. The van der Waals surface area contributed by atoms with Crippen molar-refractivity contribution in [2.75, 3.05) is 13.7 Å². The van der Waals surface area contributed by atoms with Gasteiger partial charge in [-0.25, -0.2) is 14.8 Å². The number of benzene rings is 2. The van der Waals surface area contributed by atoms with Crippen LogP contribution in [0, 0.1) is 0 Å². The van der Waals surface area contributed by atoms with Crippen LogP contribution in [0.4, 0.5) is 4.79 Å². The van der Waals surface area contributed by atoms with Crippen molar-refractivity contribution in [2.24, 2.45) is 0 Å². The Balaban J connectivity index is 1.51. The van der Waals surface area contributed by atoms with Gasteiger partial charge in [0.2, 0.25) is 5.71 Å². The molecule has 1 aliphatic heterocycles. The Labute approximate surface area is 217 Å². The fraction of sp³-hybridized carbons (Fsp3) is 0.367. The second-order valence-electron chi connectivity index (χ2n) is 10.4. The molecule has 5 rings (SSSR count). The van der Waals surface area contributed by atoms with E-state index < -0.39 is 5.60 Å². The molecule has 1 saturated heterocycles. The van der Waals surface area contributed by atoms with Gasteiger partial charge in [-0.1, -0.05) is 42.5 Å². The van der Waals surface area contributed by atoms with Crippen LogP contribution >= 0.6 is 0 Å². The Hall–Kier alpha value is -3.87. The number of rotatable bonds is 6. The van der Waals surface area contributed by atoms with Crippen molar-refractivity contribution in [3.8, 4) is 28.2 Å². The fourth-order valence-corrected chi connectivity index (χ4v) is 5.01. The summed E-state index contributed by atoms with van der Waals surface area (Å²) in [5.41, 5.74) is 3.91. The number of aromatic nitrogens is 2. The van der Waals surface area contributed by atoms with E-state index in [1.165, 1.54) is 0 Å². The Morgan fingerprint density at radius 2 is 1.81 bits per heavy atom. The van der Waals surface area contributed by atoms with Crippen molar-refractivity contribution >= 4 is 17.2 Å². The average Bonchev–Trinajstić information content (AvgIpc) is 3.52. The topological polar surface area (TPSA) is 77.7 Å². The highest BCUT2D eigenvalue weighted by Crippen LogP contribution is 2.42. The van der Waals surface area contributed by atoms with Gasteiger partial charge >= 0.3 is 6.09 Å². The van der Waals surface area contributed by atoms with Crippen molar-refractivity contribution in [3.05, 3.63) is 66.6 Å². The Morgan fingerprint density at radius 1 is 1.05 bits per heavy atom. The van der Waals surface area contributed by atoms with Crippen molar-refractivity contribution < 1.29 is 18.7 Å². The number of nitrogens with zero attached hydrogens (tertiary/aromatic N) is 3. The Morgan fingerprint density at radius 3 is 2.51 bits per heavy atom. The van der Waals surface area contributed by atoms with Gasteiger partial charge in [0.25, 0.3) is 0 Å². The molecule has 4 aromatic rings. The smallest absolute Gasteiger partial charge is 0.410 e. The minimum absolute atomic E-state index is 0.116. The van der Waals surface area contributed by atoms with E-state index in [0.29, 0.717) is 12.1 Å². The number of hydrogen-bond donors (Lipinski definition) is 0. The van der Waals surface area contributed by atoms with Crippen LogP contribution in [-0.4, -0.2) is 46.3 Å². The number of carbonyl (C=O) groups excluding carboxylic acids is 1. The third-order valence-corrected chi connectivity index (χ3v) is 6.70. The predicted molar refractivity (Wildman–Crippen MR) is 144 cm³/mol. The molecule has 7 heteroatoms. The fourth-order valence-electron chi connectivity index (χ4n) is 5.01. The van der Waals surface area contributed by atoms with Gasteiger partial charge in [-0.05, 0) is 64.2 Å². The zero-order valence-corrected chi connectivity index (χ0v) is 21.9. The van der Waals surface area contributed by atoms with Gasteiger partial charge in [-0.3, -0.25) is 0 Å². The van der Waals surface area contributed by atoms with E-state index >= 15 is 0 Å². The first kappa shape index (κ1) is 24.8. The predicted octanol–water partition coefficient (Wildman–Crippen LogP) is 6.90. The molecule has 0 radical (unpaired) electrons. The quantitative estimate of drug-likeness (QED) is 0.287. The molecule has 0 bridgehead atoms. The minimum atomic E-state index is -0.513. The monoisotopic (exact) mass is 499 g/mol. The second-order valence-corrected chi connectivity index (χ2v) is 10.4. The zero-order valence-electron chi connectivity index (χ0n) is 21.9. The number of furan rings is 1. The number of hydrogen-bond acceptors (Lipinski definition) is 6. The second kappa shape index (κ2) is 10.2. The van der Waals surface area contributed by atoms with Crippen LogP contribution in [0.5, 0.6) is 5.75 Å². The molecule has 0 spiro atoms. The summed E-state index contributed by atoms with van der Waals surface area (Å²) in [6, 6.07) is 18.1. The van der Waals surface area contributed by atoms with Crippen molar-refractivity contribution in [1.29, 1.82) is 0 Å². The van der Waals surface area contributed by atoms with E-state index in [-0.39, 0.29) is 12.1 Å². The summed E-state index contributed by atoms with van der Waals surface area (Å²) in [7, 11) is 1.66. The van der Waals surface area contributed by atoms with E-state index in [0.717, 1.165) is 65.1 Å². The first-order chi connectivity index (χ1) is 17.8. The zero-order chi connectivity index (χ0) is 26.0. The normalized spacial score (nSPS) is 15.8. The Bertz CT molecular complexity index is 1370. The lowest BCUT2D eigenvalue weighted by molar-refractivity contribution is 0.0220. The van der Waals surface area contributed by atoms with Crippen LogP contribution in [-0.2, 0) is 11.2 Å². The largest absolute Gasteiger partial charge is 0.497 e. The summed E-state index contributed by atoms with van der Waals surface area (Å²) in [6.07, 6.45) is 4.74. The van der Waals surface area contributed by atoms with Crippen molar-refractivity contribution in [1.82, 2.24) is 14.9 Å². The molecule has 1 fully saturated rings. The molecule has 1 atom stereocenters. The lowest BCUT2D eigenvalue weighted by Crippen LogP contribution is -2.40. The van der Waals surface area contributed by atoms with E-state index in [1.54, 1.807) is 13.4 Å². The molecule has 1 amide bonds. The maximum atomic E-state index is 12.8. The molecule has 0 saturated carbocycles. The molecule has 0 aliphatic carbocycles. The molecular formula is C30H33N3O4. The number of amides is 1. The van der Waals surface area contributed by atoms with E-state index in [4.69, 9.17) is 18.9 Å². The molecule has 2 aromatic carbocycles.